The van der Waals surface area contributed by atoms with E-state index in [0.29, 0.717) is 17.9 Å². The van der Waals surface area contributed by atoms with Gasteiger partial charge in [-0.3, -0.25) is 4.79 Å². The van der Waals surface area contributed by atoms with Gasteiger partial charge in [-0.05, 0) is 107 Å². The third-order valence-corrected chi connectivity index (χ3v) is 6.47. The number of ether oxygens (including phenoxy) is 1. The fourth-order valence-corrected chi connectivity index (χ4v) is 5.36. The molecule has 0 aliphatic carbocycles. The van der Waals surface area contributed by atoms with Crippen molar-refractivity contribution in [1.82, 2.24) is 9.30 Å². The topological polar surface area (TPSA) is 34.0 Å². The fraction of sp³-hybridized carbons (Fsp3) is 0.400. The molecule has 0 radical (unpaired) electrons. The Morgan fingerprint density at radius 3 is 2.35 bits per heavy atom. The number of ketones is 1. The summed E-state index contributed by atoms with van der Waals surface area (Å²) in [6.45, 7) is 10.3. The first-order valence-corrected chi connectivity index (χ1v) is 12.5. The van der Waals surface area contributed by atoms with Crippen molar-refractivity contribution >= 4 is 43.2 Å². The molecule has 1 aromatic carbocycles. The number of hydrogen-bond acceptors (Lipinski definition) is 3. The summed E-state index contributed by atoms with van der Waals surface area (Å²) in [5.74, 6) is 0.734. The zero-order chi connectivity index (χ0) is 22.4. The van der Waals surface area contributed by atoms with Gasteiger partial charge >= 0.3 is 0 Å². The lowest BCUT2D eigenvalue weighted by Gasteiger charge is -2.21. The van der Waals surface area contributed by atoms with Crippen LogP contribution in [0.15, 0.2) is 51.5 Å². The van der Waals surface area contributed by atoms with E-state index >= 15 is 0 Å². The van der Waals surface area contributed by atoms with Crippen molar-refractivity contribution in [3.05, 3.63) is 68.4 Å². The molecule has 2 heterocycles. The zero-order valence-corrected chi connectivity index (χ0v) is 21.6. The number of carbonyl (C=O) groups is 1. The van der Waals surface area contributed by atoms with Crippen molar-refractivity contribution < 1.29 is 9.53 Å². The van der Waals surface area contributed by atoms with Gasteiger partial charge in [0.15, 0.2) is 0 Å². The second-order valence-electron chi connectivity index (χ2n) is 7.81. The van der Waals surface area contributed by atoms with Crippen LogP contribution in [-0.2, 0) is 0 Å². The summed E-state index contributed by atoms with van der Waals surface area (Å²) in [7, 11) is 0. The molecule has 0 saturated carbocycles. The lowest BCUT2D eigenvalue weighted by molar-refractivity contribution is 0.103. The minimum absolute atomic E-state index is 0.00794. The van der Waals surface area contributed by atoms with E-state index in [1.165, 1.54) is 12.8 Å². The van der Waals surface area contributed by atoms with E-state index in [0.717, 1.165) is 51.8 Å². The molecule has 0 amide bonds. The van der Waals surface area contributed by atoms with Gasteiger partial charge in [0.1, 0.15) is 5.75 Å². The molecule has 3 aromatic rings. The summed E-state index contributed by atoms with van der Waals surface area (Å²) in [4.78, 5) is 15.8. The van der Waals surface area contributed by atoms with Crippen molar-refractivity contribution in [2.45, 2.75) is 40.0 Å². The maximum atomic E-state index is 13.3. The summed E-state index contributed by atoms with van der Waals surface area (Å²) >= 11 is 7.21. The first-order valence-electron chi connectivity index (χ1n) is 10.9. The molecule has 0 aliphatic heterocycles. The number of benzene rings is 1. The van der Waals surface area contributed by atoms with Gasteiger partial charge in [0.2, 0.25) is 5.78 Å². The van der Waals surface area contributed by atoms with Crippen LogP contribution in [0, 0.1) is 6.92 Å². The molecule has 0 atom stereocenters. The van der Waals surface area contributed by atoms with Gasteiger partial charge in [0.05, 0.1) is 21.2 Å². The zero-order valence-electron chi connectivity index (χ0n) is 18.5. The minimum atomic E-state index is -0.00794. The molecular weight excluding hydrogens is 520 g/mol. The summed E-state index contributed by atoms with van der Waals surface area (Å²) in [5.41, 5.74) is 3.29. The van der Waals surface area contributed by atoms with Crippen molar-refractivity contribution in [2.75, 3.05) is 26.2 Å². The Kier molecular flexibility index (Phi) is 8.76. The molecule has 6 heteroatoms. The van der Waals surface area contributed by atoms with Gasteiger partial charge in [-0.15, -0.1) is 0 Å². The number of hydrogen-bond donors (Lipinski definition) is 0. The third-order valence-electron chi connectivity index (χ3n) is 5.29. The van der Waals surface area contributed by atoms with Crippen LogP contribution < -0.4 is 4.74 Å². The minimum Gasteiger partial charge on any atom is -0.491 e. The van der Waals surface area contributed by atoms with Crippen molar-refractivity contribution in [1.29, 1.82) is 0 Å². The molecule has 0 aliphatic rings. The Bertz CT molecular complexity index is 1020. The van der Waals surface area contributed by atoms with E-state index in [1.807, 2.05) is 53.9 Å². The first kappa shape index (κ1) is 24.0. The maximum absolute atomic E-state index is 13.3. The van der Waals surface area contributed by atoms with Gasteiger partial charge in [0, 0.05) is 23.8 Å². The van der Waals surface area contributed by atoms with Gasteiger partial charge in [-0.25, -0.2) is 0 Å². The van der Waals surface area contributed by atoms with E-state index in [-0.39, 0.29) is 5.78 Å². The summed E-state index contributed by atoms with van der Waals surface area (Å²) in [6, 6.07) is 11.7. The SMILES string of the molecule is CCCN(CCC)CCCOc1c(Br)cc(C(=O)c2c(C)cc3ccccn23)cc1Br. The number of pyridine rings is 1. The summed E-state index contributed by atoms with van der Waals surface area (Å²) < 4.78 is 9.56. The van der Waals surface area contributed by atoms with Crippen LogP contribution in [0.4, 0.5) is 0 Å². The second kappa shape index (κ2) is 11.3. The highest BCUT2D eigenvalue weighted by Crippen LogP contribution is 2.36. The molecule has 0 bridgehead atoms. The lowest BCUT2D eigenvalue weighted by atomic mass is 10.1. The lowest BCUT2D eigenvalue weighted by Crippen LogP contribution is -2.27. The Morgan fingerprint density at radius 2 is 1.71 bits per heavy atom. The Morgan fingerprint density at radius 1 is 1.03 bits per heavy atom. The molecule has 0 unspecified atom stereocenters. The average Bonchev–Trinajstić information content (AvgIpc) is 3.07. The molecule has 166 valence electrons. The number of halogens is 2. The quantitative estimate of drug-likeness (QED) is 0.193. The van der Waals surface area contributed by atoms with Crippen LogP contribution in [0.2, 0.25) is 0 Å². The molecule has 0 fully saturated rings. The Labute approximate surface area is 201 Å². The van der Waals surface area contributed by atoms with E-state index < -0.39 is 0 Å². The number of nitrogens with zero attached hydrogens (tertiary/aromatic N) is 2. The third kappa shape index (κ3) is 5.79. The molecular formula is C25H30Br2N2O2. The van der Waals surface area contributed by atoms with E-state index in [9.17, 15) is 4.79 Å². The van der Waals surface area contributed by atoms with Gasteiger partial charge in [-0.1, -0.05) is 19.9 Å². The van der Waals surface area contributed by atoms with Gasteiger partial charge in [-0.2, -0.15) is 0 Å². The predicted octanol–water partition coefficient (Wildman–Crippen LogP) is 6.89. The second-order valence-corrected chi connectivity index (χ2v) is 9.52. The van der Waals surface area contributed by atoms with Crippen LogP contribution in [-0.4, -0.2) is 41.3 Å². The first-order chi connectivity index (χ1) is 15.0. The summed E-state index contributed by atoms with van der Waals surface area (Å²) in [6.07, 6.45) is 5.24. The predicted molar refractivity (Wildman–Crippen MR) is 135 cm³/mol. The molecule has 4 nitrogen and oxygen atoms in total. The molecule has 0 saturated heterocycles. The van der Waals surface area contributed by atoms with Crippen LogP contribution in [0.5, 0.6) is 5.75 Å². The normalized spacial score (nSPS) is 11.4. The number of carbonyl (C=O) groups excluding carboxylic acids is 1. The number of aromatic nitrogens is 1. The Hall–Kier alpha value is -1.63. The van der Waals surface area contributed by atoms with Gasteiger partial charge < -0.3 is 14.0 Å². The Balaban J connectivity index is 1.71. The standard InChI is InChI=1S/C25H30Br2N2O2/c1-4-10-28(11-5-2)12-8-14-31-25-21(26)16-19(17-22(25)27)24(30)23-18(3)15-20-9-6-7-13-29(20)23/h6-7,9,13,15-17H,4-5,8,10-12,14H2,1-3H3. The van der Waals surface area contributed by atoms with Crippen LogP contribution >= 0.6 is 31.9 Å². The van der Waals surface area contributed by atoms with Crippen molar-refractivity contribution in [2.24, 2.45) is 0 Å². The molecule has 2 aromatic heterocycles. The van der Waals surface area contributed by atoms with Crippen molar-refractivity contribution in [3.63, 3.8) is 0 Å². The molecule has 0 spiro atoms. The van der Waals surface area contributed by atoms with Gasteiger partial charge in [0.25, 0.3) is 0 Å². The molecule has 31 heavy (non-hydrogen) atoms. The highest BCUT2D eigenvalue weighted by molar-refractivity contribution is 9.11. The largest absolute Gasteiger partial charge is 0.491 e. The van der Waals surface area contributed by atoms with E-state index in [1.54, 1.807) is 0 Å². The number of aryl methyl sites for hydroxylation is 1. The van der Waals surface area contributed by atoms with Crippen LogP contribution in [0.3, 0.4) is 0 Å². The van der Waals surface area contributed by atoms with E-state index in [4.69, 9.17) is 4.74 Å². The average molecular weight is 550 g/mol. The highest BCUT2D eigenvalue weighted by atomic mass is 79.9. The molecule has 0 N–H and O–H groups in total. The monoisotopic (exact) mass is 548 g/mol. The highest BCUT2D eigenvalue weighted by Gasteiger charge is 2.20. The smallest absolute Gasteiger partial charge is 0.210 e. The van der Waals surface area contributed by atoms with Crippen LogP contribution in [0.25, 0.3) is 5.52 Å². The maximum Gasteiger partial charge on any atom is 0.210 e. The summed E-state index contributed by atoms with van der Waals surface area (Å²) in [5, 5.41) is 0. The fourth-order valence-electron chi connectivity index (χ4n) is 3.94. The van der Waals surface area contributed by atoms with E-state index in [2.05, 4.69) is 50.6 Å². The molecule has 3 rings (SSSR count). The number of fused-ring (bicyclic) bond motifs is 1. The van der Waals surface area contributed by atoms with Crippen molar-refractivity contribution in [3.8, 4) is 5.75 Å². The number of rotatable bonds is 11. The van der Waals surface area contributed by atoms with Crippen LogP contribution in [0.1, 0.15) is 54.7 Å².